The molecule has 1 unspecified atom stereocenters. The second-order valence-electron chi connectivity index (χ2n) is 8.09. The average Bonchev–Trinajstić information content (AvgIpc) is 3.20. The van der Waals surface area contributed by atoms with Crippen LogP contribution < -0.4 is 0 Å². The molecule has 2 heterocycles. The van der Waals surface area contributed by atoms with Crippen LogP contribution in [0.2, 0.25) is 0 Å². The van der Waals surface area contributed by atoms with Crippen molar-refractivity contribution in [3.8, 4) is 16.9 Å². The lowest BCUT2D eigenvalue weighted by molar-refractivity contribution is 0.0835. The quantitative estimate of drug-likeness (QED) is 0.711. The Morgan fingerprint density at radius 1 is 1.28 bits per heavy atom. The number of amides is 1. The Kier molecular flexibility index (Phi) is 4.25. The molecular formula is C21H21F2N3O3. The fourth-order valence-electron chi connectivity index (χ4n) is 3.59. The van der Waals surface area contributed by atoms with Gasteiger partial charge >= 0.3 is 6.09 Å². The number of pyridine rings is 1. The van der Waals surface area contributed by atoms with Gasteiger partial charge in [0.25, 0.3) is 0 Å². The molecule has 1 aliphatic carbocycles. The third-order valence-corrected chi connectivity index (χ3v) is 5.21. The van der Waals surface area contributed by atoms with Crippen molar-refractivity contribution in [2.45, 2.75) is 32.2 Å². The summed E-state index contributed by atoms with van der Waals surface area (Å²) in [4.78, 5) is 18.4. The third-order valence-electron chi connectivity index (χ3n) is 5.21. The van der Waals surface area contributed by atoms with Crippen molar-refractivity contribution in [1.82, 2.24) is 14.3 Å². The molecular weight excluding hydrogens is 380 g/mol. The van der Waals surface area contributed by atoms with E-state index in [1.165, 1.54) is 13.2 Å². The van der Waals surface area contributed by atoms with Gasteiger partial charge in [-0.15, -0.1) is 0 Å². The van der Waals surface area contributed by atoms with Gasteiger partial charge in [0.15, 0.2) is 11.6 Å². The van der Waals surface area contributed by atoms with Crippen LogP contribution in [0.5, 0.6) is 5.75 Å². The number of carbonyl (C=O) groups is 1. The Balaban J connectivity index is 1.68. The number of fused-ring (bicyclic) bond motifs is 3. The first-order chi connectivity index (χ1) is 13.6. The summed E-state index contributed by atoms with van der Waals surface area (Å²) >= 11 is 0. The van der Waals surface area contributed by atoms with Gasteiger partial charge in [0.05, 0.1) is 24.4 Å². The Bertz CT molecular complexity index is 1130. The van der Waals surface area contributed by atoms with Crippen LogP contribution in [-0.4, -0.2) is 44.7 Å². The van der Waals surface area contributed by atoms with Crippen LogP contribution in [0.25, 0.3) is 16.8 Å². The number of hydrogen-bond donors (Lipinski definition) is 1. The molecule has 1 atom stereocenters. The molecule has 0 aliphatic heterocycles. The number of methoxy groups -OCH3 is 1. The molecule has 1 amide bonds. The molecule has 0 radical (unpaired) electrons. The van der Waals surface area contributed by atoms with Crippen molar-refractivity contribution in [2.75, 3.05) is 13.7 Å². The van der Waals surface area contributed by atoms with Crippen molar-refractivity contribution in [3.63, 3.8) is 0 Å². The number of phenols is 1. The molecule has 29 heavy (non-hydrogen) atoms. The number of rotatable bonds is 3. The van der Waals surface area contributed by atoms with Crippen LogP contribution in [0.3, 0.4) is 0 Å². The predicted octanol–water partition coefficient (Wildman–Crippen LogP) is 4.30. The van der Waals surface area contributed by atoms with Crippen LogP contribution in [-0.2, 0) is 4.74 Å². The molecule has 0 spiro atoms. The molecule has 8 heteroatoms. The van der Waals surface area contributed by atoms with Gasteiger partial charge in [-0.3, -0.25) is 0 Å². The molecule has 1 aromatic carbocycles. The number of ether oxygens (including phenoxy) is 1. The van der Waals surface area contributed by atoms with E-state index in [2.05, 4.69) is 4.98 Å². The third kappa shape index (κ3) is 3.08. The molecule has 1 N–H and O–H groups in total. The van der Waals surface area contributed by atoms with Gasteiger partial charge in [0, 0.05) is 29.4 Å². The minimum atomic E-state index is -1.28. The second-order valence-corrected chi connectivity index (χ2v) is 8.09. The van der Waals surface area contributed by atoms with Crippen LogP contribution >= 0.6 is 0 Å². The SMILES string of the molecule is COC(=O)N(CC1c2nc3ccc(-c4ccc(F)c(F)c4O)cn3c21)C(C)(C)C. The number of carbonyl (C=O) groups excluding carboxylic acids is 1. The van der Waals surface area contributed by atoms with Gasteiger partial charge in [-0.25, -0.2) is 14.2 Å². The zero-order valence-corrected chi connectivity index (χ0v) is 16.5. The summed E-state index contributed by atoms with van der Waals surface area (Å²) in [6, 6.07) is 5.76. The molecule has 152 valence electrons. The monoisotopic (exact) mass is 401 g/mol. The smallest absolute Gasteiger partial charge is 0.409 e. The topological polar surface area (TPSA) is 67.1 Å². The standard InChI is InChI=1S/C21H21F2N3O3/c1-21(2,3)26(20(28)29-4)10-13-17-18(13)25-9-11(5-8-15(25)24-17)12-6-7-14(22)16(23)19(12)27/h5-9,13,27H,10H2,1-4H3. The second kappa shape index (κ2) is 6.43. The fourth-order valence-corrected chi connectivity index (χ4v) is 3.59. The largest absolute Gasteiger partial charge is 0.504 e. The number of halogens is 2. The van der Waals surface area contributed by atoms with Gasteiger partial charge in [-0.2, -0.15) is 4.39 Å². The lowest BCUT2D eigenvalue weighted by atomic mass is 10.1. The van der Waals surface area contributed by atoms with Crippen molar-refractivity contribution in [3.05, 3.63) is 53.5 Å². The highest BCUT2D eigenvalue weighted by atomic mass is 19.2. The highest BCUT2D eigenvalue weighted by Gasteiger charge is 2.43. The minimum absolute atomic E-state index is 0.0281. The lowest BCUT2D eigenvalue weighted by Gasteiger charge is -2.34. The first kappa shape index (κ1) is 19.2. The maximum atomic E-state index is 13.8. The van der Waals surface area contributed by atoms with E-state index in [0.717, 1.165) is 17.5 Å². The average molecular weight is 401 g/mol. The Morgan fingerprint density at radius 2 is 2.00 bits per heavy atom. The van der Waals surface area contributed by atoms with E-state index >= 15 is 0 Å². The van der Waals surface area contributed by atoms with Crippen molar-refractivity contribution < 1.29 is 23.4 Å². The number of nitrogens with zero attached hydrogens (tertiary/aromatic N) is 3. The number of aromatic hydroxyl groups is 1. The fraction of sp³-hybridized carbons (Fsp3) is 0.333. The zero-order valence-electron chi connectivity index (χ0n) is 16.5. The summed E-state index contributed by atoms with van der Waals surface area (Å²) in [6.45, 7) is 6.22. The summed E-state index contributed by atoms with van der Waals surface area (Å²) in [5.41, 5.74) is 2.84. The normalized spacial score (nSPS) is 15.3. The highest BCUT2D eigenvalue weighted by Crippen LogP contribution is 2.45. The molecule has 4 rings (SSSR count). The minimum Gasteiger partial charge on any atom is -0.504 e. The highest BCUT2D eigenvalue weighted by molar-refractivity contribution is 5.73. The van der Waals surface area contributed by atoms with Crippen molar-refractivity contribution >= 4 is 11.7 Å². The molecule has 6 nitrogen and oxygen atoms in total. The van der Waals surface area contributed by atoms with E-state index in [-0.39, 0.29) is 11.5 Å². The number of phenolic OH excluding ortho intramolecular Hbond substituents is 1. The van der Waals surface area contributed by atoms with Crippen molar-refractivity contribution in [2.24, 2.45) is 0 Å². The number of imidazole rings is 1. The van der Waals surface area contributed by atoms with Gasteiger partial charge in [-0.05, 0) is 45.0 Å². The molecule has 3 aromatic rings. The molecule has 0 saturated carbocycles. The molecule has 2 aromatic heterocycles. The summed E-state index contributed by atoms with van der Waals surface area (Å²) in [5.74, 6) is -3.14. The molecule has 1 aliphatic rings. The van der Waals surface area contributed by atoms with Gasteiger partial charge in [-0.1, -0.05) is 0 Å². The summed E-state index contributed by atoms with van der Waals surface area (Å²) in [7, 11) is 1.35. The van der Waals surface area contributed by atoms with E-state index in [1.54, 1.807) is 23.2 Å². The van der Waals surface area contributed by atoms with Crippen LogP contribution in [0.1, 0.15) is 38.1 Å². The number of benzene rings is 1. The zero-order chi connectivity index (χ0) is 21.1. The first-order valence-corrected chi connectivity index (χ1v) is 9.18. The van der Waals surface area contributed by atoms with E-state index in [4.69, 9.17) is 4.74 Å². The molecule has 0 bridgehead atoms. The van der Waals surface area contributed by atoms with Crippen LogP contribution in [0, 0.1) is 11.6 Å². The van der Waals surface area contributed by atoms with E-state index in [9.17, 15) is 18.7 Å². The van der Waals surface area contributed by atoms with Crippen molar-refractivity contribution in [1.29, 1.82) is 0 Å². The maximum absolute atomic E-state index is 13.8. The van der Waals surface area contributed by atoms with Crippen LogP contribution in [0.4, 0.5) is 13.6 Å². The molecule has 0 fully saturated rings. The lowest BCUT2D eigenvalue weighted by Crippen LogP contribution is -2.46. The van der Waals surface area contributed by atoms with Gasteiger partial charge < -0.3 is 19.1 Å². The van der Waals surface area contributed by atoms with Gasteiger partial charge in [0.1, 0.15) is 5.65 Å². The molecule has 0 saturated heterocycles. The number of aromatic nitrogens is 2. The van der Waals surface area contributed by atoms with Gasteiger partial charge in [0.2, 0.25) is 5.82 Å². The first-order valence-electron chi connectivity index (χ1n) is 9.18. The van der Waals surface area contributed by atoms with E-state index < -0.39 is 29.0 Å². The predicted molar refractivity (Wildman–Crippen MR) is 103 cm³/mol. The maximum Gasteiger partial charge on any atom is 0.409 e. The van der Waals surface area contributed by atoms with E-state index in [0.29, 0.717) is 17.8 Å². The Morgan fingerprint density at radius 3 is 2.66 bits per heavy atom. The summed E-state index contributed by atoms with van der Waals surface area (Å²) in [5, 5.41) is 9.99. The Labute approximate surface area is 166 Å². The van der Waals surface area contributed by atoms with Crippen LogP contribution in [0.15, 0.2) is 30.5 Å². The number of hydrogen-bond acceptors (Lipinski definition) is 4. The Hall–Kier alpha value is -3.16. The summed E-state index contributed by atoms with van der Waals surface area (Å²) < 4.78 is 33.8. The van der Waals surface area contributed by atoms with E-state index in [1.807, 2.05) is 25.2 Å². The summed E-state index contributed by atoms with van der Waals surface area (Å²) in [6.07, 6.45) is 1.32.